The molecule has 0 atom stereocenters. The summed E-state index contributed by atoms with van der Waals surface area (Å²) in [5.41, 5.74) is 0. The minimum Gasteiger partial charge on any atom is -0.304 e. The first kappa shape index (κ1) is 13.3. The van der Waals surface area contributed by atoms with Crippen molar-refractivity contribution >= 4 is 22.8 Å². The molecule has 0 spiro atoms. The number of amidine groups is 1. The summed E-state index contributed by atoms with van der Waals surface area (Å²) < 4.78 is 0. The van der Waals surface area contributed by atoms with Crippen LogP contribution in [0, 0.1) is 0 Å². The SMILES string of the molecule is CCN(CC)C/C=C\CN=C1CSC(=O)N1. The van der Waals surface area contributed by atoms with E-state index in [9.17, 15) is 4.79 Å². The molecule has 0 radical (unpaired) electrons. The van der Waals surface area contributed by atoms with E-state index in [1.54, 1.807) is 0 Å². The second-order valence-corrected chi connectivity index (χ2v) is 4.39. The zero-order valence-electron chi connectivity index (χ0n) is 9.90. The number of thioether (sulfide) groups is 1. The van der Waals surface area contributed by atoms with Crippen LogP contribution in [0.5, 0.6) is 0 Å². The summed E-state index contributed by atoms with van der Waals surface area (Å²) in [7, 11) is 0. The maximum atomic E-state index is 10.9. The zero-order chi connectivity index (χ0) is 11.8. The molecule has 1 saturated heterocycles. The van der Waals surface area contributed by atoms with E-state index in [1.807, 2.05) is 6.08 Å². The number of aliphatic imine (C=N–C) groups is 1. The highest BCUT2D eigenvalue weighted by Crippen LogP contribution is 2.08. The standard InChI is InChI=1S/C11H19N3OS/c1-3-14(4-2)8-6-5-7-12-10-9-16-11(15)13-10/h5-6H,3-4,7-9H2,1-2H3,(H,12,13,15)/b6-5-. The molecule has 5 heteroatoms. The lowest BCUT2D eigenvalue weighted by Crippen LogP contribution is -2.22. The Labute approximate surface area is 101 Å². The van der Waals surface area contributed by atoms with Crippen molar-refractivity contribution in [3.05, 3.63) is 12.2 Å². The summed E-state index contributed by atoms with van der Waals surface area (Å²) in [6.45, 7) is 8.08. The summed E-state index contributed by atoms with van der Waals surface area (Å²) in [5.74, 6) is 1.48. The van der Waals surface area contributed by atoms with Crippen molar-refractivity contribution in [1.82, 2.24) is 10.2 Å². The van der Waals surface area contributed by atoms with E-state index in [0.717, 1.165) is 25.5 Å². The van der Waals surface area contributed by atoms with Crippen LogP contribution in [0.4, 0.5) is 4.79 Å². The minimum absolute atomic E-state index is 0.00544. The molecule has 1 heterocycles. The third-order valence-corrected chi connectivity index (χ3v) is 3.18. The summed E-state index contributed by atoms with van der Waals surface area (Å²) in [6.07, 6.45) is 4.17. The highest BCUT2D eigenvalue weighted by Gasteiger charge is 2.15. The third kappa shape index (κ3) is 4.81. The van der Waals surface area contributed by atoms with Gasteiger partial charge in [-0.3, -0.25) is 9.79 Å². The van der Waals surface area contributed by atoms with Crippen molar-refractivity contribution in [2.75, 3.05) is 31.9 Å². The molecule has 0 aliphatic carbocycles. The second kappa shape index (κ2) is 7.46. The fraction of sp³-hybridized carbons (Fsp3) is 0.636. The van der Waals surface area contributed by atoms with Gasteiger partial charge in [-0.15, -0.1) is 0 Å². The van der Waals surface area contributed by atoms with E-state index < -0.39 is 0 Å². The summed E-state index contributed by atoms with van der Waals surface area (Å²) in [6, 6.07) is 0. The summed E-state index contributed by atoms with van der Waals surface area (Å²) in [4.78, 5) is 17.5. The van der Waals surface area contributed by atoms with Crippen LogP contribution < -0.4 is 5.32 Å². The number of carbonyl (C=O) groups excluding carboxylic acids is 1. The van der Waals surface area contributed by atoms with Gasteiger partial charge < -0.3 is 10.2 Å². The Bertz CT molecular complexity index is 285. The molecule has 0 aromatic heterocycles. The minimum atomic E-state index is 0.00544. The van der Waals surface area contributed by atoms with Gasteiger partial charge in [-0.1, -0.05) is 37.8 Å². The van der Waals surface area contributed by atoms with Gasteiger partial charge in [0.1, 0.15) is 5.84 Å². The molecule has 16 heavy (non-hydrogen) atoms. The van der Waals surface area contributed by atoms with Crippen LogP contribution in [0.25, 0.3) is 0 Å². The van der Waals surface area contributed by atoms with Crippen molar-refractivity contribution in [1.29, 1.82) is 0 Å². The van der Waals surface area contributed by atoms with Crippen LogP contribution in [0.2, 0.25) is 0 Å². The van der Waals surface area contributed by atoms with Crippen molar-refractivity contribution in [3.8, 4) is 0 Å². The number of hydrogen-bond donors (Lipinski definition) is 1. The Morgan fingerprint density at radius 2 is 2.19 bits per heavy atom. The topological polar surface area (TPSA) is 44.7 Å². The number of rotatable bonds is 6. The Morgan fingerprint density at radius 1 is 1.44 bits per heavy atom. The van der Waals surface area contributed by atoms with Gasteiger partial charge in [-0.25, -0.2) is 0 Å². The first-order chi connectivity index (χ1) is 7.76. The van der Waals surface area contributed by atoms with Crippen LogP contribution in [0.3, 0.4) is 0 Å². The molecule has 0 aromatic rings. The van der Waals surface area contributed by atoms with E-state index in [-0.39, 0.29) is 5.24 Å². The van der Waals surface area contributed by atoms with Gasteiger partial charge in [-0.05, 0) is 13.1 Å². The maximum absolute atomic E-state index is 10.9. The van der Waals surface area contributed by atoms with Crippen molar-refractivity contribution in [2.45, 2.75) is 13.8 Å². The number of hydrogen-bond acceptors (Lipinski definition) is 4. The average Bonchev–Trinajstić information content (AvgIpc) is 2.70. The predicted molar refractivity (Wildman–Crippen MR) is 70.2 cm³/mol. The number of likely N-dealkylation sites (N-methyl/N-ethyl adjacent to an activating group) is 1. The van der Waals surface area contributed by atoms with E-state index >= 15 is 0 Å². The highest BCUT2D eigenvalue weighted by atomic mass is 32.2. The normalized spacial score (nSPS) is 18.9. The van der Waals surface area contributed by atoms with Crippen LogP contribution in [-0.2, 0) is 0 Å². The summed E-state index contributed by atoms with van der Waals surface area (Å²) >= 11 is 1.27. The first-order valence-corrected chi connectivity index (χ1v) is 6.59. The van der Waals surface area contributed by atoms with E-state index in [4.69, 9.17) is 0 Å². The van der Waals surface area contributed by atoms with Gasteiger partial charge in [0.05, 0.1) is 12.3 Å². The summed E-state index contributed by atoms with van der Waals surface area (Å²) in [5, 5.41) is 2.71. The zero-order valence-corrected chi connectivity index (χ0v) is 10.7. The fourth-order valence-corrected chi connectivity index (χ4v) is 1.97. The average molecular weight is 241 g/mol. The first-order valence-electron chi connectivity index (χ1n) is 5.60. The van der Waals surface area contributed by atoms with Gasteiger partial charge in [-0.2, -0.15) is 0 Å². The monoisotopic (exact) mass is 241 g/mol. The van der Waals surface area contributed by atoms with E-state index in [1.165, 1.54) is 11.8 Å². The molecule has 1 N–H and O–H groups in total. The molecule has 0 bridgehead atoms. The lowest BCUT2D eigenvalue weighted by atomic mass is 10.4. The molecule has 1 rings (SSSR count). The lowest BCUT2D eigenvalue weighted by Gasteiger charge is -2.14. The molecule has 0 aromatic carbocycles. The Kier molecular flexibility index (Phi) is 6.18. The second-order valence-electron chi connectivity index (χ2n) is 3.45. The van der Waals surface area contributed by atoms with Crippen LogP contribution in [0.15, 0.2) is 17.1 Å². The molecule has 1 aliphatic rings. The molecule has 1 fully saturated rings. The van der Waals surface area contributed by atoms with Gasteiger partial charge >= 0.3 is 0 Å². The Hall–Kier alpha value is -0.810. The smallest absolute Gasteiger partial charge is 0.284 e. The van der Waals surface area contributed by atoms with Crippen LogP contribution in [0.1, 0.15) is 13.8 Å². The molecule has 90 valence electrons. The van der Waals surface area contributed by atoms with E-state index in [2.05, 4.69) is 35.1 Å². The molecule has 0 saturated carbocycles. The van der Waals surface area contributed by atoms with Gasteiger partial charge in [0.2, 0.25) is 0 Å². The number of nitrogens with zero attached hydrogens (tertiary/aromatic N) is 2. The van der Waals surface area contributed by atoms with Crippen LogP contribution in [-0.4, -0.2) is 47.9 Å². The number of nitrogens with one attached hydrogen (secondary N) is 1. The highest BCUT2D eigenvalue weighted by molar-refractivity contribution is 8.14. The van der Waals surface area contributed by atoms with E-state index in [0.29, 0.717) is 12.3 Å². The fourth-order valence-electron chi connectivity index (χ4n) is 1.35. The largest absolute Gasteiger partial charge is 0.304 e. The number of amides is 1. The van der Waals surface area contributed by atoms with Gasteiger partial charge in [0, 0.05) is 6.54 Å². The Balaban J connectivity index is 2.19. The molecule has 1 amide bonds. The van der Waals surface area contributed by atoms with Crippen molar-refractivity contribution < 1.29 is 4.79 Å². The third-order valence-electron chi connectivity index (χ3n) is 2.40. The molecule has 4 nitrogen and oxygen atoms in total. The van der Waals surface area contributed by atoms with Crippen molar-refractivity contribution in [3.63, 3.8) is 0 Å². The number of carbonyl (C=O) groups is 1. The maximum Gasteiger partial charge on any atom is 0.284 e. The van der Waals surface area contributed by atoms with Crippen molar-refractivity contribution in [2.24, 2.45) is 4.99 Å². The Morgan fingerprint density at radius 3 is 2.75 bits per heavy atom. The molecule has 0 unspecified atom stereocenters. The molecule has 1 aliphatic heterocycles. The quantitative estimate of drug-likeness (QED) is 0.720. The van der Waals surface area contributed by atoms with Crippen LogP contribution >= 0.6 is 11.8 Å². The lowest BCUT2D eigenvalue weighted by molar-refractivity contribution is 0.265. The molecular weight excluding hydrogens is 222 g/mol. The molecular formula is C11H19N3OS. The van der Waals surface area contributed by atoms with Gasteiger partial charge in [0.15, 0.2) is 0 Å². The van der Waals surface area contributed by atoms with Gasteiger partial charge in [0.25, 0.3) is 5.24 Å². The predicted octanol–water partition coefficient (Wildman–Crippen LogP) is 1.74.